The molecule has 5 nitrogen and oxygen atoms in total. The largest absolute Gasteiger partial charge is 0.390 e. The van der Waals surface area contributed by atoms with E-state index in [-0.39, 0.29) is 0 Å². The second kappa shape index (κ2) is 6.12. The number of pyridine rings is 1. The van der Waals surface area contributed by atoms with Crippen LogP contribution >= 0.6 is 0 Å². The van der Waals surface area contributed by atoms with E-state index >= 15 is 0 Å². The molecule has 2 aromatic heterocycles. The van der Waals surface area contributed by atoms with Gasteiger partial charge in [0.2, 0.25) is 0 Å². The van der Waals surface area contributed by atoms with Crippen LogP contribution in [-0.2, 0) is 13.1 Å². The Labute approximate surface area is 100 Å². The fraction of sp³-hybridized carbons (Fsp3) is 0.333. The lowest BCUT2D eigenvalue weighted by Gasteiger charge is -2.11. The maximum absolute atomic E-state index is 9.76. The van der Waals surface area contributed by atoms with Crippen molar-refractivity contribution in [1.82, 2.24) is 20.1 Å². The van der Waals surface area contributed by atoms with E-state index in [1.54, 1.807) is 17.1 Å². The van der Waals surface area contributed by atoms with Crippen molar-refractivity contribution in [3.8, 4) is 0 Å². The molecule has 0 saturated carbocycles. The Morgan fingerprint density at radius 3 is 3.00 bits per heavy atom. The number of nitrogens with one attached hydrogen (secondary N) is 1. The van der Waals surface area contributed by atoms with E-state index in [1.165, 1.54) is 0 Å². The van der Waals surface area contributed by atoms with E-state index in [1.807, 2.05) is 30.6 Å². The van der Waals surface area contributed by atoms with Gasteiger partial charge in [-0.3, -0.25) is 9.67 Å². The molecule has 0 saturated heterocycles. The number of rotatable bonds is 6. The molecule has 2 N–H and O–H groups in total. The Bertz CT molecular complexity index is 415. The lowest BCUT2D eigenvalue weighted by molar-refractivity contribution is 0.146. The zero-order valence-corrected chi connectivity index (χ0v) is 9.53. The molecule has 0 amide bonds. The Morgan fingerprint density at radius 1 is 1.35 bits per heavy atom. The third kappa shape index (κ3) is 3.97. The Balaban J connectivity index is 1.68. The van der Waals surface area contributed by atoms with Gasteiger partial charge in [0.1, 0.15) is 0 Å². The van der Waals surface area contributed by atoms with Gasteiger partial charge in [-0.1, -0.05) is 6.07 Å². The molecule has 17 heavy (non-hydrogen) atoms. The standard InChI is InChI=1S/C12H16N4O/c17-12(10-16-6-2-5-15-16)9-14-8-11-3-1-4-13-7-11/h1-7,12,14,17H,8-10H2. The average Bonchev–Trinajstić information content (AvgIpc) is 2.83. The number of aromatic nitrogens is 3. The second-order valence-corrected chi connectivity index (χ2v) is 3.87. The molecule has 2 aromatic rings. The number of nitrogens with zero attached hydrogens (tertiary/aromatic N) is 3. The normalized spacial score (nSPS) is 12.5. The molecule has 0 bridgehead atoms. The van der Waals surface area contributed by atoms with Crippen LogP contribution in [0.2, 0.25) is 0 Å². The van der Waals surface area contributed by atoms with Crippen LogP contribution in [0.25, 0.3) is 0 Å². The summed E-state index contributed by atoms with van der Waals surface area (Å²) in [6, 6.07) is 5.74. The van der Waals surface area contributed by atoms with E-state index < -0.39 is 6.10 Å². The molecule has 2 rings (SSSR count). The highest BCUT2D eigenvalue weighted by atomic mass is 16.3. The fourth-order valence-corrected chi connectivity index (χ4v) is 1.57. The third-order valence-corrected chi connectivity index (χ3v) is 2.39. The lowest BCUT2D eigenvalue weighted by Crippen LogP contribution is -2.30. The number of aliphatic hydroxyl groups excluding tert-OH is 1. The van der Waals surface area contributed by atoms with E-state index in [9.17, 15) is 5.11 Å². The number of hydrogen-bond acceptors (Lipinski definition) is 4. The summed E-state index contributed by atoms with van der Waals surface area (Å²) in [5.41, 5.74) is 1.11. The van der Waals surface area contributed by atoms with Crippen LogP contribution in [0.1, 0.15) is 5.56 Å². The summed E-state index contributed by atoms with van der Waals surface area (Å²) in [4.78, 5) is 4.03. The molecule has 0 aliphatic rings. The minimum absolute atomic E-state index is 0.438. The molecule has 1 unspecified atom stereocenters. The van der Waals surface area contributed by atoms with Crippen molar-refractivity contribution in [3.05, 3.63) is 48.5 Å². The van der Waals surface area contributed by atoms with Gasteiger partial charge in [0.05, 0.1) is 12.6 Å². The van der Waals surface area contributed by atoms with Crippen molar-refractivity contribution in [2.24, 2.45) is 0 Å². The molecular weight excluding hydrogens is 216 g/mol. The first-order chi connectivity index (χ1) is 8.34. The topological polar surface area (TPSA) is 63.0 Å². The number of hydrogen-bond donors (Lipinski definition) is 2. The van der Waals surface area contributed by atoms with Crippen LogP contribution in [0.5, 0.6) is 0 Å². The highest BCUT2D eigenvalue weighted by Gasteiger charge is 2.04. The molecule has 5 heteroatoms. The average molecular weight is 232 g/mol. The SMILES string of the molecule is OC(CNCc1cccnc1)Cn1cccn1. The zero-order valence-electron chi connectivity index (χ0n) is 9.53. The van der Waals surface area contributed by atoms with Gasteiger partial charge in [0, 0.05) is 37.9 Å². The zero-order chi connectivity index (χ0) is 11.9. The first kappa shape index (κ1) is 11.8. The van der Waals surface area contributed by atoms with Crippen molar-refractivity contribution >= 4 is 0 Å². The monoisotopic (exact) mass is 232 g/mol. The summed E-state index contributed by atoms with van der Waals surface area (Å²) < 4.78 is 1.72. The van der Waals surface area contributed by atoms with Gasteiger partial charge in [0.25, 0.3) is 0 Å². The summed E-state index contributed by atoms with van der Waals surface area (Å²) in [6.07, 6.45) is 6.66. The van der Waals surface area contributed by atoms with Crippen LogP contribution in [0, 0.1) is 0 Å². The smallest absolute Gasteiger partial charge is 0.0860 e. The molecule has 0 aliphatic carbocycles. The second-order valence-electron chi connectivity index (χ2n) is 3.87. The summed E-state index contributed by atoms with van der Waals surface area (Å²) >= 11 is 0. The van der Waals surface area contributed by atoms with Crippen LogP contribution in [0.3, 0.4) is 0 Å². The van der Waals surface area contributed by atoms with Gasteiger partial charge in [-0.05, 0) is 17.7 Å². The van der Waals surface area contributed by atoms with Crippen LogP contribution in [-0.4, -0.2) is 32.5 Å². The van der Waals surface area contributed by atoms with Crippen LogP contribution < -0.4 is 5.32 Å². The van der Waals surface area contributed by atoms with Gasteiger partial charge >= 0.3 is 0 Å². The van der Waals surface area contributed by atoms with Gasteiger partial charge in [-0.15, -0.1) is 0 Å². The summed E-state index contributed by atoms with van der Waals surface area (Å²) in [5, 5.41) is 17.0. The highest BCUT2D eigenvalue weighted by Crippen LogP contribution is 1.95. The van der Waals surface area contributed by atoms with E-state index in [0.717, 1.165) is 5.56 Å². The van der Waals surface area contributed by atoms with Crippen LogP contribution in [0.15, 0.2) is 43.0 Å². The molecule has 0 radical (unpaired) electrons. The van der Waals surface area contributed by atoms with Crippen molar-refractivity contribution < 1.29 is 5.11 Å². The molecule has 90 valence electrons. The quantitative estimate of drug-likeness (QED) is 0.758. The van der Waals surface area contributed by atoms with E-state index in [2.05, 4.69) is 15.4 Å². The molecule has 0 aromatic carbocycles. The molecule has 1 atom stereocenters. The maximum Gasteiger partial charge on any atom is 0.0860 e. The molecular formula is C12H16N4O. The summed E-state index contributed by atoms with van der Waals surface area (Å²) in [6.45, 7) is 1.76. The van der Waals surface area contributed by atoms with Gasteiger partial charge < -0.3 is 10.4 Å². The van der Waals surface area contributed by atoms with Crippen molar-refractivity contribution in [1.29, 1.82) is 0 Å². The first-order valence-electron chi connectivity index (χ1n) is 5.60. The van der Waals surface area contributed by atoms with Crippen LogP contribution in [0.4, 0.5) is 0 Å². The summed E-state index contributed by atoms with van der Waals surface area (Å²) in [7, 11) is 0. The summed E-state index contributed by atoms with van der Waals surface area (Å²) in [5.74, 6) is 0. The Kier molecular flexibility index (Phi) is 4.23. The fourth-order valence-electron chi connectivity index (χ4n) is 1.57. The minimum Gasteiger partial charge on any atom is -0.390 e. The highest BCUT2D eigenvalue weighted by molar-refractivity contribution is 5.07. The van der Waals surface area contributed by atoms with Gasteiger partial charge in [-0.2, -0.15) is 5.10 Å². The minimum atomic E-state index is -0.438. The third-order valence-electron chi connectivity index (χ3n) is 2.39. The van der Waals surface area contributed by atoms with Gasteiger partial charge in [-0.25, -0.2) is 0 Å². The van der Waals surface area contributed by atoms with Crippen molar-refractivity contribution in [2.45, 2.75) is 19.2 Å². The van der Waals surface area contributed by atoms with E-state index in [0.29, 0.717) is 19.6 Å². The Morgan fingerprint density at radius 2 is 2.29 bits per heavy atom. The molecule has 0 spiro atoms. The van der Waals surface area contributed by atoms with Gasteiger partial charge in [0.15, 0.2) is 0 Å². The molecule has 0 aliphatic heterocycles. The Hall–Kier alpha value is -1.72. The molecule has 2 heterocycles. The van der Waals surface area contributed by atoms with Crippen molar-refractivity contribution in [3.63, 3.8) is 0 Å². The first-order valence-corrected chi connectivity index (χ1v) is 5.60. The predicted octanol–water partition coefficient (Wildman–Crippen LogP) is 0.429. The van der Waals surface area contributed by atoms with Crippen molar-refractivity contribution in [2.75, 3.05) is 6.54 Å². The number of aliphatic hydroxyl groups is 1. The van der Waals surface area contributed by atoms with E-state index in [4.69, 9.17) is 0 Å². The molecule has 0 fully saturated rings. The lowest BCUT2D eigenvalue weighted by atomic mass is 10.3. The maximum atomic E-state index is 9.76. The predicted molar refractivity (Wildman–Crippen MR) is 64.2 cm³/mol.